The van der Waals surface area contributed by atoms with Gasteiger partial charge in [0, 0.05) is 6.54 Å². The highest BCUT2D eigenvalue weighted by Gasteiger charge is 2.19. The Morgan fingerprint density at radius 2 is 1.89 bits per heavy atom. The van der Waals surface area contributed by atoms with Gasteiger partial charge in [-0.1, -0.05) is 42.0 Å². The third-order valence-electron chi connectivity index (χ3n) is 4.01. The molecule has 0 radical (unpaired) electrons. The predicted molar refractivity (Wildman–Crippen MR) is 104 cm³/mol. The number of carbonyl (C=O) groups is 1. The normalized spacial score (nSPS) is 12.6. The molecular formula is C19H19FN2O3S2. The second kappa shape index (κ2) is 7.74. The van der Waals surface area contributed by atoms with Crippen LogP contribution < -0.4 is 4.80 Å². The van der Waals surface area contributed by atoms with E-state index in [2.05, 4.69) is 4.99 Å². The summed E-state index contributed by atoms with van der Waals surface area (Å²) >= 11 is 1.17. The van der Waals surface area contributed by atoms with Crippen LogP contribution in [0.3, 0.4) is 0 Å². The van der Waals surface area contributed by atoms with E-state index < -0.39 is 27.3 Å². The topological polar surface area (TPSA) is 68.5 Å². The third-order valence-corrected chi connectivity index (χ3v) is 6.67. The van der Waals surface area contributed by atoms with E-state index in [0.29, 0.717) is 21.6 Å². The molecule has 0 unspecified atom stereocenters. The molecule has 142 valence electrons. The summed E-state index contributed by atoms with van der Waals surface area (Å²) in [6, 6.07) is 11.0. The summed E-state index contributed by atoms with van der Waals surface area (Å²) in [6.07, 6.45) is 0.725. The van der Waals surface area contributed by atoms with Crippen molar-refractivity contribution in [1.29, 1.82) is 0 Å². The van der Waals surface area contributed by atoms with E-state index in [9.17, 15) is 17.6 Å². The minimum Gasteiger partial charge on any atom is -0.314 e. The van der Waals surface area contributed by atoms with Gasteiger partial charge in [-0.25, -0.2) is 12.8 Å². The standard InChI is InChI=1S/C19H19FN2O3S2/c1-3-11-22-18-15(20)5-4-6-16(18)26-19(22)21-17(23)12-27(24,25)14-9-7-13(2)8-10-14/h4-10H,3,11-12H2,1-2H3. The summed E-state index contributed by atoms with van der Waals surface area (Å²) in [5, 5.41) is 0. The van der Waals surface area contributed by atoms with Gasteiger partial charge < -0.3 is 4.57 Å². The van der Waals surface area contributed by atoms with Gasteiger partial charge in [0.05, 0.1) is 15.1 Å². The van der Waals surface area contributed by atoms with Crippen LogP contribution in [0.2, 0.25) is 0 Å². The number of carbonyl (C=O) groups excluding carboxylic acids is 1. The molecule has 2 aromatic carbocycles. The van der Waals surface area contributed by atoms with Gasteiger partial charge in [-0.2, -0.15) is 4.99 Å². The Morgan fingerprint density at radius 3 is 2.56 bits per heavy atom. The van der Waals surface area contributed by atoms with Crippen molar-refractivity contribution in [2.45, 2.75) is 31.7 Å². The van der Waals surface area contributed by atoms with Crippen molar-refractivity contribution in [2.75, 3.05) is 5.75 Å². The van der Waals surface area contributed by atoms with E-state index in [1.54, 1.807) is 28.8 Å². The van der Waals surface area contributed by atoms with Crippen molar-refractivity contribution < 1.29 is 17.6 Å². The molecule has 5 nitrogen and oxygen atoms in total. The lowest BCUT2D eigenvalue weighted by atomic mass is 10.2. The molecule has 1 aromatic heterocycles. The van der Waals surface area contributed by atoms with Crippen LogP contribution >= 0.6 is 11.3 Å². The lowest BCUT2D eigenvalue weighted by molar-refractivity contribution is -0.115. The van der Waals surface area contributed by atoms with Crippen LogP contribution in [0.25, 0.3) is 10.2 Å². The first-order valence-electron chi connectivity index (χ1n) is 8.46. The van der Waals surface area contributed by atoms with Gasteiger partial charge in [0.2, 0.25) is 0 Å². The van der Waals surface area contributed by atoms with Crippen LogP contribution in [0.15, 0.2) is 52.4 Å². The summed E-state index contributed by atoms with van der Waals surface area (Å²) in [5.74, 6) is -1.88. The Hall–Kier alpha value is -2.32. The average Bonchev–Trinajstić information content (AvgIpc) is 2.93. The molecule has 3 rings (SSSR count). The molecule has 0 N–H and O–H groups in total. The van der Waals surface area contributed by atoms with E-state index in [1.807, 2.05) is 13.8 Å². The van der Waals surface area contributed by atoms with Crippen molar-refractivity contribution in [1.82, 2.24) is 4.57 Å². The Labute approximate surface area is 160 Å². The van der Waals surface area contributed by atoms with Crippen LogP contribution in [-0.4, -0.2) is 24.6 Å². The highest BCUT2D eigenvalue weighted by Crippen LogP contribution is 2.20. The molecule has 0 atom stereocenters. The van der Waals surface area contributed by atoms with Crippen LogP contribution in [-0.2, 0) is 21.2 Å². The molecule has 0 saturated carbocycles. The SMILES string of the molecule is CCCn1c(=NC(=O)CS(=O)(=O)c2ccc(C)cc2)sc2cccc(F)c21. The molecule has 0 fully saturated rings. The summed E-state index contributed by atoms with van der Waals surface area (Å²) in [5.41, 5.74) is 1.31. The number of hydrogen-bond donors (Lipinski definition) is 0. The largest absolute Gasteiger partial charge is 0.314 e. The summed E-state index contributed by atoms with van der Waals surface area (Å²) in [4.78, 5) is 16.7. The molecule has 0 aliphatic heterocycles. The maximum absolute atomic E-state index is 14.2. The molecule has 1 heterocycles. The number of benzene rings is 2. The Balaban J connectivity index is 1.99. The van der Waals surface area contributed by atoms with E-state index in [0.717, 1.165) is 12.0 Å². The highest BCUT2D eigenvalue weighted by molar-refractivity contribution is 7.92. The first-order valence-corrected chi connectivity index (χ1v) is 10.9. The zero-order valence-electron chi connectivity index (χ0n) is 15.0. The molecular weight excluding hydrogens is 387 g/mol. The minimum absolute atomic E-state index is 0.0838. The number of fused-ring (bicyclic) bond motifs is 1. The average molecular weight is 407 g/mol. The fourth-order valence-electron chi connectivity index (χ4n) is 2.73. The molecule has 0 saturated heterocycles. The van der Waals surface area contributed by atoms with Crippen molar-refractivity contribution in [3.05, 3.63) is 58.6 Å². The van der Waals surface area contributed by atoms with Crippen molar-refractivity contribution in [3.8, 4) is 0 Å². The number of nitrogens with zero attached hydrogens (tertiary/aromatic N) is 2. The Morgan fingerprint density at radius 1 is 1.19 bits per heavy atom. The molecule has 8 heteroatoms. The summed E-state index contributed by atoms with van der Waals surface area (Å²) in [7, 11) is -3.78. The van der Waals surface area contributed by atoms with Crippen LogP contribution in [0.1, 0.15) is 18.9 Å². The fraction of sp³-hybridized carbons (Fsp3) is 0.263. The Bertz CT molecular complexity index is 1160. The van der Waals surface area contributed by atoms with Crippen molar-refractivity contribution >= 4 is 37.3 Å². The minimum atomic E-state index is -3.78. The molecule has 0 aliphatic carbocycles. The van der Waals surface area contributed by atoms with Gasteiger partial charge in [-0.3, -0.25) is 4.79 Å². The smallest absolute Gasteiger partial charge is 0.263 e. The van der Waals surface area contributed by atoms with Gasteiger partial charge in [-0.15, -0.1) is 0 Å². The zero-order chi connectivity index (χ0) is 19.6. The number of rotatable bonds is 5. The van der Waals surface area contributed by atoms with Crippen LogP contribution in [0.4, 0.5) is 4.39 Å². The monoisotopic (exact) mass is 406 g/mol. The summed E-state index contributed by atoms with van der Waals surface area (Å²) < 4.78 is 41.4. The molecule has 0 bridgehead atoms. The second-order valence-electron chi connectivity index (χ2n) is 6.20. The number of amides is 1. The highest BCUT2D eigenvalue weighted by atomic mass is 32.2. The first-order chi connectivity index (χ1) is 12.8. The second-order valence-corrected chi connectivity index (χ2v) is 9.20. The quantitative estimate of drug-likeness (QED) is 0.652. The lowest BCUT2D eigenvalue weighted by Crippen LogP contribution is -2.21. The number of halogens is 1. The number of para-hydroxylation sites is 1. The van der Waals surface area contributed by atoms with Crippen molar-refractivity contribution in [3.63, 3.8) is 0 Å². The molecule has 27 heavy (non-hydrogen) atoms. The molecule has 3 aromatic rings. The van der Waals surface area contributed by atoms with Gasteiger partial charge in [0.1, 0.15) is 11.6 Å². The van der Waals surface area contributed by atoms with E-state index in [4.69, 9.17) is 0 Å². The molecule has 1 amide bonds. The predicted octanol–water partition coefficient (Wildman–Crippen LogP) is 3.46. The fourth-order valence-corrected chi connectivity index (χ4v) is 4.93. The number of thiazole rings is 1. The first kappa shape index (κ1) is 19.4. The number of hydrogen-bond acceptors (Lipinski definition) is 4. The van der Waals surface area contributed by atoms with Crippen molar-refractivity contribution in [2.24, 2.45) is 4.99 Å². The number of aromatic nitrogens is 1. The summed E-state index contributed by atoms with van der Waals surface area (Å²) in [6.45, 7) is 4.27. The zero-order valence-corrected chi connectivity index (χ0v) is 16.6. The number of aryl methyl sites for hydroxylation is 2. The van der Waals surface area contributed by atoms with Crippen LogP contribution in [0, 0.1) is 12.7 Å². The van der Waals surface area contributed by atoms with E-state index in [-0.39, 0.29) is 4.90 Å². The molecule has 0 aliphatic rings. The van der Waals surface area contributed by atoms with Gasteiger partial charge in [0.15, 0.2) is 14.6 Å². The van der Waals surface area contributed by atoms with E-state index >= 15 is 0 Å². The number of sulfone groups is 1. The third kappa shape index (κ3) is 4.17. The van der Waals surface area contributed by atoms with Gasteiger partial charge in [0.25, 0.3) is 5.91 Å². The van der Waals surface area contributed by atoms with E-state index in [1.165, 1.54) is 29.5 Å². The molecule has 0 spiro atoms. The maximum Gasteiger partial charge on any atom is 0.263 e. The van der Waals surface area contributed by atoms with Gasteiger partial charge >= 0.3 is 0 Å². The maximum atomic E-state index is 14.2. The van der Waals surface area contributed by atoms with Crippen LogP contribution in [0.5, 0.6) is 0 Å². The van der Waals surface area contributed by atoms with Gasteiger partial charge in [-0.05, 0) is 37.6 Å². The lowest BCUT2D eigenvalue weighted by Gasteiger charge is -2.04. The Kier molecular flexibility index (Phi) is 5.57.